The fourth-order valence-electron chi connectivity index (χ4n) is 2.70. The molecule has 0 radical (unpaired) electrons. The summed E-state index contributed by atoms with van der Waals surface area (Å²) in [5.41, 5.74) is 0.622. The zero-order valence-electron chi connectivity index (χ0n) is 12.8. The van der Waals surface area contributed by atoms with Crippen LogP contribution in [0.25, 0.3) is 0 Å². The third kappa shape index (κ3) is 3.85. The Labute approximate surface area is 125 Å². The first-order valence-corrected chi connectivity index (χ1v) is 7.31. The van der Waals surface area contributed by atoms with Crippen LogP contribution in [0.1, 0.15) is 20.3 Å². The maximum atomic E-state index is 11.1. The fraction of sp³-hybridized carbons (Fsp3) is 0.600. The number of likely N-dealkylation sites (tertiary alicyclic amines) is 1. The first-order chi connectivity index (χ1) is 10.0. The van der Waals surface area contributed by atoms with Gasteiger partial charge in [-0.15, -0.1) is 0 Å². The summed E-state index contributed by atoms with van der Waals surface area (Å²) in [5, 5.41) is 14.3. The molecule has 0 bridgehead atoms. The number of rotatable bonds is 6. The number of ether oxygens (including phenoxy) is 1. The predicted molar refractivity (Wildman–Crippen MR) is 83.0 cm³/mol. The number of nitrogens with one attached hydrogen (secondary N) is 1. The lowest BCUT2D eigenvalue weighted by Gasteiger charge is -2.20. The van der Waals surface area contributed by atoms with Gasteiger partial charge in [0, 0.05) is 31.3 Å². The number of hydrogen-bond acceptors (Lipinski definition) is 5. The summed E-state index contributed by atoms with van der Waals surface area (Å²) in [6, 6.07) is 5.34. The Kier molecular flexibility index (Phi) is 5.01. The molecule has 0 aromatic heterocycles. The minimum absolute atomic E-state index is 0.0921. The minimum atomic E-state index is -0.364. The van der Waals surface area contributed by atoms with Gasteiger partial charge >= 0.3 is 0 Å². The van der Waals surface area contributed by atoms with Crippen molar-refractivity contribution in [1.82, 2.24) is 4.90 Å². The lowest BCUT2D eigenvalue weighted by Crippen LogP contribution is -2.29. The number of nitro groups is 1. The van der Waals surface area contributed by atoms with E-state index in [0.717, 1.165) is 26.1 Å². The van der Waals surface area contributed by atoms with Crippen molar-refractivity contribution in [3.63, 3.8) is 0 Å². The zero-order valence-corrected chi connectivity index (χ0v) is 12.8. The van der Waals surface area contributed by atoms with Gasteiger partial charge in [-0.1, -0.05) is 0 Å². The van der Waals surface area contributed by atoms with Crippen LogP contribution in [0.4, 0.5) is 11.4 Å². The number of methoxy groups -OCH3 is 1. The van der Waals surface area contributed by atoms with Gasteiger partial charge in [-0.05, 0) is 38.8 Å². The van der Waals surface area contributed by atoms with E-state index < -0.39 is 0 Å². The molecule has 0 aliphatic carbocycles. The van der Waals surface area contributed by atoms with Crippen LogP contribution in [-0.4, -0.2) is 42.6 Å². The lowest BCUT2D eigenvalue weighted by molar-refractivity contribution is -0.384. The van der Waals surface area contributed by atoms with Crippen molar-refractivity contribution in [2.45, 2.75) is 26.3 Å². The second-order valence-electron chi connectivity index (χ2n) is 5.76. The molecule has 6 nitrogen and oxygen atoms in total. The molecule has 6 heteroatoms. The normalized spacial score (nSPS) is 19.0. The van der Waals surface area contributed by atoms with Crippen molar-refractivity contribution < 1.29 is 9.66 Å². The Bertz CT molecular complexity index is 505. The molecule has 1 unspecified atom stereocenters. The number of benzene rings is 1. The van der Waals surface area contributed by atoms with Gasteiger partial charge in [-0.25, -0.2) is 0 Å². The van der Waals surface area contributed by atoms with E-state index in [4.69, 9.17) is 4.74 Å². The Morgan fingerprint density at radius 1 is 1.52 bits per heavy atom. The lowest BCUT2D eigenvalue weighted by atomic mass is 10.1. The molecule has 1 aromatic carbocycles. The number of hydrogen-bond donors (Lipinski definition) is 1. The second kappa shape index (κ2) is 6.76. The highest BCUT2D eigenvalue weighted by Gasteiger charge is 2.24. The monoisotopic (exact) mass is 293 g/mol. The maximum Gasteiger partial charge on any atom is 0.292 e. The SMILES string of the molecule is COc1ccc([N+](=O)[O-])c(NCC2CCN(C(C)C)C2)c1. The topological polar surface area (TPSA) is 67.6 Å². The molecule has 2 rings (SSSR count). The van der Waals surface area contributed by atoms with Crippen molar-refractivity contribution in [3.8, 4) is 5.75 Å². The Hall–Kier alpha value is -1.82. The van der Waals surface area contributed by atoms with E-state index in [2.05, 4.69) is 24.1 Å². The first-order valence-electron chi connectivity index (χ1n) is 7.31. The quantitative estimate of drug-likeness (QED) is 0.645. The number of nitro benzene ring substituents is 1. The maximum absolute atomic E-state index is 11.1. The Morgan fingerprint density at radius 2 is 2.29 bits per heavy atom. The minimum Gasteiger partial charge on any atom is -0.497 e. The highest BCUT2D eigenvalue weighted by atomic mass is 16.6. The van der Waals surface area contributed by atoms with Crippen LogP contribution in [0.5, 0.6) is 5.75 Å². The van der Waals surface area contributed by atoms with Crippen LogP contribution in [0, 0.1) is 16.0 Å². The molecule has 1 heterocycles. The summed E-state index contributed by atoms with van der Waals surface area (Å²) in [6.45, 7) is 7.29. The van der Waals surface area contributed by atoms with E-state index in [1.165, 1.54) is 6.07 Å². The molecule has 1 saturated heterocycles. The molecule has 0 saturated carbocycles. The molecular formula is C15H23N3O3. The molecule has 21 heavy (non-hydrogen) atoms. The van der Waals surface area contributed by atoms with E-state index in [-0.39, 0.29) is 10.6 Å². The third-order valence-corrected chi connectivity index (χ3v) is 4.03. The summed E-state index contributed by atoms with van der Waals surface area (Å²) in [6.07, 6.45) is 1.13. The van der Waals surface area contributed by atoms with Crippen LogP contribution >= 0.6 is 0 Å². The van der Waals surface area contributed by atoms with Crippen LogP contribution < -0.4 is 10.1 Å². The molecule has 0 amide bonds. The Morgan fingerprint density at radius 3 is 2.86 bits per heavy atom. The molecule has 1 aliphatic rings. The standard InChI is InChI=1S/C15H23N3O3/c1-11(2)17-7-6-12(10-17)9-16-14-8-13(21-3)4-5-15(14)18(19)20/h4-5,8,11-12,16H,6-7,9-10H2,1-3H3. The average Bonchev–Trinajstić information content (AvgIpc) is 2.93. The van der Waals surface area contributed by atoms with Gasteiger partial charge in [-0.2, -0.15) is 0 Å². The molecule has 1 aromatic rings. The van der Waals surface area contributed by atoms with Crippen molar-refractivity contribution in [1.29, 1.82) is 0 Å². The van der Waals surface area contributed by atoms with Crippen molar-refractivity contribution in [2.75, 3.05) is 32.1 Å². The average molecular weight is 293 g/mol. The molecule has 1 fully saturated rings. The van der Waals surface area contributed by atoms with E-state index in [1.54, 1.807) is 19.2 Å². The van der Waals surface area contributed by atoms with Crippen LogP contribution in [0.2, 0.25) is 0 Å². The van der Waals surface area contributed by atoms with Gasteiger partial charge < -0.3 is 15.0 Å². The Balaban J connectivity index is 2.01. The number of anilines is 1. The predicted octanol–water partition coefficient (Wildman–Crippen LogP) is 2.75. The summed E-state index contributed by atoms with van der Waals surface area (Å²) in [5.74, 6) is 1.15. The zero-order chi connectivity index (χ0) is 15.4. The molecule has 0 spiro atoms. The van der Waals surface area contributed by atoms with Gasteiger partial charge in [0.1, 0.15) is 11.4 Å². The van der Waals surface area contributed by atoms with E-state index in [9.17, 15) is 10.1 Å². The van der Waals surface area contributed by atoms with Crippen LogP contribution in [0.15, 0.2) is 18.2 Å². The first kappa shape index (κ1) is 15.6. The van der Waals surface area contributed by atoms with Gasteiger partial charge in [0.15, 0.2) is 0 Å². The van der Waals surface area contributed by atoms with Crippen molar-refractivity contribution >= 4 is 11.4 Å². The summed E-state index contributed by atoms with van der Waals surface area (Å²) in [4.78, 5) is 13.1. The van der Waals surface area contributed by atoms with E-state index in [0.29, 0.717) is 23.4 Å². The van der Waals surface area contributed by atoms with Gasteiger partial charge in [0.25, 0.3) is 5.69 Å². The van der Waals surface area contributed by atoms with Crippen LogP contribution in [0.3, 0.4) is 0 Å². The smallest absolute Gasteiger partial charge is 0.292 e. The van der Waals surface area contributed by atoms with Gasteiger partial charge in [-0.3, -0.25) is 10.1 Å². The fourth-order valence-corrected chi connectivity index (χ4v) is 2.70. The summed E-state index contributed by atoms with van der Waals surface area (Å²) in [7, 11) is 1.56. The highest BCUT2D eigenvalue weighted by Crippen LogP contribution is 2.29. The van der Waals surface area contributed by atoms with Crippen molar-refractivity contribution in [2.24, 2.45) is 5.92 Å². The molecule has 116 valence electrons. The summed E-state index contributed by atoms with van der Waals surface area (Å²) < 4.78 is 5.14. The van der Waals surface area contributed by atoms with Gasteiger partial charge in [0.2, 0.25) is 0 Å². The highest BCUT2D eigenvalue weighted by molar-refractivity contribution is 5.64. The van der Waals surface area contributed by atoms with Gasteiger partial charge in [0.05, 0.1) is 12.0 Å². The van der Waals surface area contributed by atoms with E-state index in [1.807, 2.05) is 0 Å². The third-order valence-electron chi connectivity index (χ3n) is 4.03. The second-order valence-corrected chi connectivity index (χ2v) is 5.76. The molecule has 1 N–H and O–H groups in total. The molecule has 1 atom stereocenters. The van der Waals surface area contributed by atoms with Crippen LogP contribution in [-0.2, 0) is 0 Å². The van der Waals surface area contributed by atoms with E-state index >= 15 is 0 Å². The number of nitrogens with zero attached hydrogens (tertiary/aromatic N) is 2. The molecule has 1 aliphatic heterocycles. The largest absolute Gasteiger partial charge is 0.497 e. The van der Waals surface area contributed by atoms with Crippen molar-refractivity contribution in [3.05, 3.63) is 28.3 Å². The summed E-state index contributed by atoms with van der Waals surface area (Å²) >= 11 is 0. The molecular weight excluding hydrogens is 270 g/mol.